The number of hydrogen-bond acceptors (Lipinski definition) is 3. The second kappa shape index (κ2) is 5.14. The SMILES string of the molecule is N=C(N)c1cc(F)ccc1N1CCCOCC1. The molecule has 1 heterocycles. The number of ether oxygens (including phenoxy) is 1. The van der Waals surface area contributed by atoms with Gasteiger partial charge in [0.1, 0.15) is 11.7 Å². The van der Waals surface area contributed by atoms with Gasteiger partial charge in [-0.05, 0) is 24.6 Å². The van der Waals surface area contributed by atoms with Crippen LogP contribution in [0.3, 0.4) is 0 Å². The zero-order valence-corrected chi connectivity index (χ0v) is 9.58. The van der Waals surface area contributed by atoms with Crippen LogP contribution in [0.2, 0.25) is 0 Å². The molecular weight excluding hydrogens is 221 g/mol. The molecule has 0 unspecified atom stereocenters. The summed E-state index contributed by atoms with van der Waals surface area (Å²) in [7, 11) is 0. The zero-order chi connectivity index (χ0) is 12.3. The van der Waals surface area contributed by atoms with Crippen LogP contribution in [0.15, 0.2) is 18.2 Å². The highest BCUT2D eigenvalue weighted by molar-refractivity contribution is 6.00. The molecule has 1 fully saturated rings. The monoisotopic (exact) mass is 237 g/mol. The minimum Gasteiger partial charge on any atom is -0.384 e. The number of nitrogen functional groups attached to an aromatic ring is 1. The van der Waals surface area contributed by atoms with E-state index < -0.39 is 0 Å². The third-order valence-corrected chi connectivity index (χ3v) is 2.81. The van der Waals surface area contributed by atoms with E-state index in [1.807, 2.05) is 0 Å². The van der Waals surface area contributed by atoms with Crippen LogP contribution in [-0.4, -0.2) is 32.1 Å². The number of rotatable bonds is 2. The highest BCUT2D eigenvalue weighted by Crippen LogP contribution is 2.22. The largest absolute Gasteiger partial charge is 0.384 e. The average molecular weight is 237 g/mol. The molecule has 3 N–H and O–H groups in total. The predicted octanol–water partition coefficient (Wildman–Crippen LogP) is 1.34. The van der Waals surface area contributed by atoms with Gasteiger partial charge in [-0.2, -0.15) is 0 Å². The summed E-state index contributed by atoms with van der Waals surface area (Å²) in [4.78, 5) is 2.09. The van der Waals surface area contributed by atoms with Crippen molar-refractivity contribution in [1.82, 2.24) is 0 Å². The van der Waals surface area contributed by atoms with Gasteiger partial charge in [-0.25, -0.2) is 4.39 Å². The Morgan fingerprint density at radius 2 is 2.18 bits per heavy atom. The third kappa shape index (κ3) is 2.74. The first kappa shape index (κ1) is 11.9. The number of amidine groups is 1. The molecule has 1 saturated heterocycles. The van der Waals surface area contributed by atoms with Gasteiger partial charge in [0, 0.05) is 30.9 Å². The van der Waals surface area contributed by atoms with Gasteiger partial charge in [0.2, 0.25) is 0 Å². The summed E-state index contributed by atoms with van der Waals surface area (Å²) in [6, 6.07) is 4.38. The Labute approximate surface area is 99.7 Å². The minimum absolute atomic E-state index is 0.107. The van der Waals surface area contributed by atoms with Crippen LogP contribution in [0, 0.1) is 11.2 Å². The van der Waals surface area contributed by atoms with Crippen molar-refractivity contribution in [2.24, 2.45) is 5.73 Å². The molecule has 1 aromatic rings. The lowest BCUT2D eigenvalue weighted by atomic mass is 10.1. The molecular formula is C12H16FN3O. The van der Waals surface area contributed by atoms with E-state index in [0.717, 1.165) is 31.8 Å². The number of halogens is 1. The molecule has 0 amide bonds. The Balaban J connectivity index is 2.32. The number of nitrogens with two attached hydrogens (primary N) is 1. The molecule has 4 nitrogen and oxygen atoms in total. The second-order valence-electron chi connectivity index (χ2n) is 4.03. The van der Waals surface area contributed by atoms with Gasteiger partial charge in [0.15, 0.2) is 0 Å². The van der Waals surface area contributed by atoms with Gasteiger partial charge in [0.05, 0.1) is 6.61 Å². The van der Waals surface area contributed by atoms with E-state index >= 15 is 0 Å². The van der Waals surface area contributed by atoms with Crippen LogP contribution in [0.25, 0.3) is 0 Å². The van der Waals surface area contributed by atoms with Crippen LogP contribution >= 0.6 is 0 Å². The van der Waals surface area contributed by atoms with Gasteiger partial charge in [-0.3, -0.25) is 5.41 Å². The van der Waals surface area contributed by atoms with E-state index in [4.69, 9.17) is 15.9 Å². The molecule has 1 aliphatic heterocycles. The summed E-state index contributed by atoms with van der Waals surface area (Å²) in [5.74, 6) is -0.477. The summed E-state index contributed by atoms with van der Waals surface area (Å²) in [5, 5.41) is 7.50. The Morgan fingerprint density at radius 3 is 2.94 bits per heavy atom. The maximum atomic E-state index is 13.2. The first-order valence-corrected chi connectivity index (χ1v) is 5.65. The van der Waals surface area contributed by atoms with Crippen molar-refractivity contribution < 1.29 is 9.13 Å². The van der Waals surface area contributed by atoms with Gasteiger partial charge >= 0.3 is 0 Å². The number of nitrogens with zero attached hydrogens (tertiary/aromatic N) is 1. The molecule has 1 aliphatic rings. The highest BCUT2D eigenvalue weighted by Gasteiger charge is 2.15. The molecule has 0 aromatic heterocycles. The molecule has 0 bridgehead atoms. The highest BCUT2D eigenvalue weighted by atomic mass is 19.1. The first-order chi connectivity index (χ1) is 8.18. The van der Waals surface area contributed by atoms with E-state index in [2.05, 4.69) is 4.90 Å². The Morgan fingerprint density at radius 1 is 1.35 bits per heavy atom. The molecule has 0 atom stereocenters. The van der Waals surface area contributed by atoms with Crippen LogP contribution in [0.4, 0.5) is 10.1 Å². The standard InChI is InChI=1S/C12H16FN3O/c13-9-2-3-11(10(8-9)12(14)15)16-4-1-6-17-7-5-16/h2-3,8H,1,4-7H2,(H3,14,15). The molecule has 5 heteroatoms. The van der Waals surface area contributed by atoms with Gasteiger partial charge in [-0.15, -0.1) is 0 Å². The third-order valence-electron chi connectivity index (χ3n) is 2.81. The summed E-state index contributed by atoms with van der Waals surface area (Å²) in [6.45, 7) is 2.97. The van der Waals surface area contributed by atoms with Gasteiger partial charge in [-0.1, -0.05) is 0 Å². The lowest BCUT2D eigenvalue weighted by molar-refractivity contribution is 0.152. The predicted molar refractivity (Wildman–Crippen MR) is 65.1 cm³/mol. The minimum atomic E-state index is -0.370. The van der Waals surface area contributed by atoms with Crippen molar-refractivity contribution >= 4 is 11.5 Å². The van der Waals surface area contributed by atoms with Crippen LogP contribution in [0.5, 0.6) is 0 Å². The number of anilines is 1. The zero-order valence-electron chi connectivity index (χ0n) is 9.58. The summed E-state index contributed by atoms with van der Waals surface area (Å²) in [5.41, 5.74) is 6.75. The fraction of sp³-hybridized carbons (Fsp3) is 0.417. The van der Waals surface area contributed by atoms with Crippen LogP contribution in [0.1, 0.15) is 12.0 Å². The van der Waals surface area contributed by atoms with Crippen molar-refractivity contribution in [3.8, 4) is 0 Å². The molecule has 92 valence electrons. The average Bonchev–Trinajstić information content (AvgIpc) is 2.57. The van der Waals surface area contributed by atoms with Crippen LogP contribution < -0.4 is 10.6 Å². The molecule has 1 aromatic carbocycles. The Bertz CT molecular complexity index is 414. The topological polar surface area (TPSA) is 62.3 Å². The number of hydrogen-bond donors (Lipinski definition) is 2. The Hall–Kier alpha value is -1.62. The molecule has 17 heavy (non-hydrogen) atoms. The van der Waals surface area contributed by atoms with E-state index in [-0.39, 0.29) is 11.7 Å². The van der Waals surface area contributed by atoms with Crippen molar-refractivity contribution in [2.45, 2.75) is 6.42 Å². The lowest BCUT2D eigenvalue weighted by Gasteiger charge is -2.24. The summed E-state index contributed by atoms with van der Waals surface area (Å²) >= 11 is 0. The number of nitrogens with one attached hydrogen (secondary N) is 1. The lowest BCUT2D eigenvalue weighted by Crippen LogP contribution is -2.28. The smallest absolute Gasteiger partial charge is 0.125 e. The fourth-order valence-electron chi connectivity index (χ4n) is 1.99. The van der Waals surface area contributed by atoms with Crippen LogP contribution in [-0.2, 0) is 4.74 Å². The quantitative estimate of drug-likeness (QED) is 0.602. The van der Waals surface area contributed by atoms with E-state index in [9.17, 15) is 4.39 Å². The summed E-state index contributed by atoms with van der Waals surface area (Å²) < 4.78 is 18.5. The van der Waals surface area contributed by atoms with E-state index in [1.165, 1.54) is 12.1 Å². The van der Waals surface area contributed by atoms with Gasteiger partial charge < -0.3 is 15.4 Å². The maximum absolute atomic E-state index is 13.2. The Kier molecular flexibility index (Phi) is 3.58. The summed E-state index contributed by atoms with van der Waals surface area (Å²) in [6.07, 6.45) is 0.925. The van der Waals surface area contributed by atoms with Crippen molar-refractivity contribution in [1.29, 1.82) is 5.41 Å². The van der Waals surface area contributed by atoms with Crippen molar-refractivity contribution in [3.05, 3.63) is 29.6 Å². The van der Waals surface area contributed by atoms with E-state index in [0.29, 0.717) is 12.2 Å². The molecule has 0 saturated carbocycles. The van der Waals surface area contributed by atoms with Gasteiger partial charge in [0.25, 0.3) is 0 Å². The molecule has 0 aliphatic carbocycles. The van der Waals surface area contributed by atoms with E-state index in [1.54, 1.807) is 6.07 Å². The maximum Gasteiger partial charge on any atom is 0.125 e. The molecule has 2 rings (SSSR count). The molecule has 0 spiro atoms. The number of benzene rings is 1. The molecule has 0 radical (unpaired) electrons. The normalized spacial score (nSPS) is 16.6. The van der Waals surface area contributed by atoms with Crippen molar-refractivity contribution in [3.63, 3.8) is 0 Å². The second-order valence-corrected chi connectivity index (χ2v) is 4.03. The fourth-order valence-corrected chi connectivity index (χ4v) is 1.99. The van der Waals surface area contributed by atoms with Crippen molar-refractivity contribution in [2.75, 3.05) is 31.2 Å². The first-order valence-electron chi connectivity index (χ1n) is 5.65.